The first kappa shape index (κ1) is 69.6. The van der Waals surface area contributed by atoms with Gasteiger partial charge in [-0.1, -0.05) is 53.5 Å². The number of benzene rings is 1. The minimum atomic E-state index is -1.22. The number of nitrogens with two attached hydrogens (primary N) is 3. The summed E-state index contributed by atoms with van der Waals surface area (Å²) in [6, 6.07) is 0.0518. The number of carbonyl (C=O) groups is 10. The zero-order chi connectivity index (χ0) is 61.6. The summed E-state index contributed by atoms with van der Waals surface area (Å²) in [6.07, 6.45) is 4.48. The van der Waals surface area contributed by atoms with Gasteiger partial charge in [-0.05, 0) is 122 Å². The number of amides is 7. The number of carbonyl (C=O) groups excluding carboxylic acids is 9. The largest absolute Gasteiger partial charge is 0.480 e. The van der Waals surface area contributed by atoms with E-state index < -0.39 is 95.2 Å². The molecule has 3 rings (SSSR count). The van der Waals surface area contributed by atoms with Crippen molar-refractivity contribution in [3.8, 4) is 5.75 Å². The first-order valence-corrected chi connectivity index (χ1v) is 29.0. The highest BCUT2D eigenvalue weighted by atomic mass is 32.1. The number of carboxylic acid groups (broad SMARTS) is 1. The Balaban J connectivity index is 2.03. The van der Waals surface area contributed by atoms with Crippen molar-refractivity contribution in [2.45, 2.75) is 174 Å². The highest BCUT2D eigenvalue weighted by Gasteiger charge is 2.39. The van der Waals surface area contributed by atoms with Crippen molar-refractivity contribution < 1.29 is 62.5 Å². The minimum Gasteiger partial charge on any atom is -0.480 e. The van der Waals surface area contributed by atoms with Gasteiger partial charge >= 0.3 is 17.9 Å². The molecule has 0 radical (unpaired) electrons. The SMILES string of the molecule is CC[C@H](C)[C@H](NC(=O)C(C)(C)N(C)C)C(=O)N(C)C(C[C@@H](OC(C)=O)c1nc(C(=O)N[C@@H](Cc2ccc(OC(=O)[C@@H](N)CCCCN)c(NC(=O)CCCN3C(=O)C=CC3=O)c2)CC(C)C(=O)N[C@@H](CCCCN)C(=O)O)cs1)C(C)C. The number of hydrogen-bond donors (Lipinski definition) is 8. The van der Waals surface area contributed by atoms with Crippen LogP contribution < -0.4 is 43.2 Å². The van der Waals surface area contributed by atoms with Crippen LogP contribution in [0.3, 0.4) is 0 Å². The number of imide groups is 1. The van der Waals surface area contributed by atoms with Gasteiger partial charge in [0.15, 0.2) is 11.9 Å². The lowest BCUT2D eigenvalue weighted by Gasteiger charge is -2.38. The minimum absolute atomic E-state index is 0.00165. The molecule has 2 unspecified atom stereocenters. The predicted molar refractivity (Wildman–Crippen MR) is 310 cm³/mol. The van der Waals surface area contributed by atoms with Gasteiger partial charge in [0.1, 0.15) is 28.8 Å². The van der Waals surface area contributed by atoms with Crippen molar-refractivity contribution in [3.05, 3.63) is 52.0 Å². The number of aromatic nitrogens is 1. The van der Waals surface area contributed by atoms with Crippen LogP contribution in [0.15, 0.2) is 35.7 Å². The van der Waals surface area contributed by atoms with Gasteiger partial charge in [-0.25, -0.2) is 14.6 Å². The molecule has 1 aliphatic heterocycles. The number of rotatable bonds is 36. The summed E-state index contributed by atoms with van der Waals surface area (Å²) in [4.78, 5) is 141. The third kappa shape index (κ3) is 21.3. The Labute approximate surface area is 485 Å². The van der Waals surface area contributed by atoms with E-state index in [1.54, 1.807) is 57.8 Å². The molecule has 82 heavy (non-hydrogen) atoms. The molecule has 2 aromatic rings. The maximum Gasteiger partial charge on any atom is 0.328 e. The standard InChI is InChI=1S/C57H89N11O13S/c1-12-34(4)49(65-56(79)57(7,8)66(9)10)53(75)67(11)43(33(2)3)31-45(80-36(6)69)52-64-42(32-82-52)51(74)61-38(28-35(5)50(73)63-40(54(76)77)19-14-16-26-59)29-37-21-22-44(81-55(78)39(60)18-13-15-25-58)41(30-37)62-46(70)20-17-27-68-47(71)23-24-48(68)72/h21-24,30,32-35,38-40,43,45,49H,12-20,25-29,31,58-60H2,1-11H3,(H,61,74)(H,62,70)(H,63,73)(H,65,79)(H,76,77)/t34-,35?,38+,39-,40-,43?,45+,49-/m0/s1. The summed E-state index contributed by atoms with van der Waals surface area (Å²) in [5.41, 5.74) is 17.0. The monoisotopic (exact) mass is 1170 g/mol. The summed E-state index contributed by atoms with van der Waals surface area (Å²) >= 11 is 1.05. The Kier molecular flexibility index (Phi) is 28.4. The fraction of sp³-hybridized carbons (Fsp3) is 0.632. The molecule has 1 aromatic carbocycles. The molecule has 0 saturated heterocycles. The number of likely N-dealkylation sites (N-methyl/N-ethyl adjacent to an activating group) is 2. The molecule has 24 nitrogen and oxygen atoms in total. The van der Waals surface area contributed by atoms with Gasteiger partial charge in [0.25, 0.3) is 17.7 Å². The van der Waals surface area contributed by atoms with Crippen LogP contribution >= 0.6 is 11.3 Å². The van der Waals surface area contributed by atoms with E-state index in [-0.39, 0.29) is 97.3 Å². The molecule has 7 amide bonds. The van der Waals surface area contributed by atoms with E-state index in [1.165, 1.54) is 24.4 Å². The number of anilines is 1. The topological polar surface area (TPSA) is 358 Å². The number of nitrogens with one attached hydrogen (secondary N) is 4. The van der Waals surface area contributed by atoms with Gasteiger partial charge < -0.3 is 57.9 Å². The van der Waals surface area contributed by atoms with Crippen molar-refractivity contribution in [1.29, 1.82) is 0 Å². The van der Waals surface area contributed by atoms with E-state index in [4.69, 9.17) is 26.7 Å². The number of hydrogen-bond acceptors (Lipinski definition) is 18. The van der Waals surface area contributed by atoms with Crippen LogP contribution in [0.5, 0.6) is 5.75 Å². The third-order valence-corrected chi connectivity index (χ3v) is 15.7. The van der Waals surface area contributed by atoms with Crippen LogP contribution in [0, 0.1) is 17.8 Å². The molecule has 0 bridgehead atoms. The Morgan fingerprint density at radius 1 is 0.866 bits per heavy atom. The van der Waals surface area contributed by atoms with E-state index in [9.17, 15) is 53.1 Å². The highest BCUT2D eigenvalue weighted by Crippen LogP contribution is 2.32. The lowest BCUT2D eigenvalue weighted by Crippen LogP contribution is -2.60. The fourth-order valence-electron chi connectivity index (χ4n) is 8.92. The van der Waals surface area contributed by atoms with Crippen molar-refractivity contribution >= 4 is 76.3 Å². The molecule has 1 aromatic heterocycles. The van der Waals surface area contributed by atoms with E-state index in [0.717, 1.165) is 28.4 Å². The summed E-state index contributed by atoms with van der Waals surface area (Å²) in [7, 11) is 5.20. The van der Waals surface area contributed by atoms with Crippen LogP contribution in [-0.2, 0) is 54.3 Å². The van der Waals surface area contributed by atoms with Crippen LogP contribution in [0.4, 0.5) is 5.69 Å². The van der Waals surface area contributed by atoms with Gasteiger partial charge in [0.2, 0.25) is 23.6 Å². The second kappa shape index (κ2) is 33.4. The molecule has 456 valence electrons. The van der Waals surface area contributed by atoms with Crippen molar-refractivity contribution in [2.24, 2.45) is 35.0 Å². The first-order valence-electron chi connectivity index (χ1n) is 28.1. The Hall–Kier alpha value is -6.67. The van der Waals surface area contributed by atoms with Crippen molar-refractivity contribution in [3.63, 3.8) is 0 Å². The molecule has 8 atom stereocenters. The maximum absolute atomic E-state index is 14.4. The normalized spacial score (nSPS) is 15.4. The number of aliphatic carboxylic acids is 1. The molecule has 0 saturated carbocycles. The quantitative estimate of drug-likeness (QED) is 0.0209. The first-order chi connectivity index (χ1) is 38.6. The molecule has 0 spiro atoms. The van der Waals surface area contributed by atoms with Crippen LogP contribution in [-0.4, -0.2) is 161 Å². The molecular weight excluding hydrogens is 1080 g/mol. The van der Waals surface area contributed by atoms with Crippen LogP contribution in [0.25, 0.3) is 0 Å². The zero-order valence-electron chi connectivity index (χ0n) is 49.5. The van der Waals surface area contributed by atoms with Gasteiger partial charge in [-0.2, -0.15) is 0 Å². The maximum atomic E-state index is 14.4. The summed E-state index contributed by atoms with van der Waals surface area (Å²) in [5, 5.41) is 23.0. The number of nitrogens with zero attached hydrogens (tertiary/aromatic N) is 4. The second-order valence-electron chi connectivity index (χ2n) is 22.1. The molecule has 11 N–H and O–H groups in total. The van der Waals surface area contributed by atoms with Gasteiger partial charge in [0.05, 0.1) is 11.2 Å². The smallest absolute Gasteiger partial charge is 0.328 e. The van der Waals surface area contributed by atoms with E-state index in [1.807, 2.05) is 27.7 Å². The van der Waals surface area contributed by atoms with Crippen molar-refractivity contribution in [1.82, 2.24) is 35.6 Å². The number of thiazole rings is 1. The predicted octanol–water partition coefficient (Wildman–Crippen LogP) is 3.56. The molecule has 0 fully saturated rings. The summed E-state index contributed by atoms with van der Waals surface area (Å²) in [5.74, 6) is -7.46. The molecule has 0 aliphatic carbocycles. The fourth-order valence-corrected chi connectivity index (χ4v) is 9.76. The molecule has 25 heteroatoms. The highest BCUT2D eigenvalue weighted by molar-refractivity contribution is 7.09. The van der Waals surface area contributed by atoms with E-state index >= 15 is 0 Å². The number of esters is 2. The Morgan fingerprint density at radius 3 is 2.07 bits per heavy atom. The van der Waals surface area contributed by atoms with E-state index in [0.29, 0.717) is 50.8 Å². The van der Waals surface area contributed by atoms with Crippen LogP contribution in [0.1, 0.15) is 153 Å². The molecular formula is C57H89N11O13S. The number of unbranched alkanes of at least 4 members (excludes halogenated alkanes) is 2. The van der Waals surface area contributed by atoms with Crippen LogP contribution in [0.2, 0.25) is 0 Å². The summed E-state index contributed by atoms with van der Waals surface area (Å²) < 4.78 is 11.6. The third-order valence-electron chi connectivity index (χ3n) is 14.8. The Bertz CT molecular complexity index is 2550. The lowest BCUT2D eigenvalue weighted by molar-refractivity contribution is -0.149. The van der Waals surface area contributed by atoms with Crippen molar-refractivity contribution in [2.75, 3.05) is 46.1 Å². The lowest BCUT2D eigenvalue weighted by atomic mass is 9.92. The average Bonchev–Trinajstić information content (AvgIpc) is 4.05. The number of carboxylic acids is 1. The average molecular weight is 1170 g/mol. The second-order valence-corrected chi connectivity index (χ2v) is 23.0. The van der Waals surface area contributed by atoms with Gasteiger partial charge in [0, 0.05) is 68.9 Å². The summed E-state index contributed by atoms with van der Waals surface area (Å²) in [6.45, 7) is 14.7. The molecule has 2 heterocycles. The van der Waals surface area contributed by atoms with Gasteiger partial charge in [-0.3, -0.25) is 48.2 Å². The van der Waals surface area contributed by atoms with Gasteiger partial charge in [-0.15, -0.1) is 11.3 Å². The van der Waals surface area contributed by atoms with E-state index in [2.05, 4.69) is 26.3 Å². The number of ether oxygens (including phenoxy) is 2. The Morgan fingerprint density at radius 2 is 1.50 bits per heavy atom. The molecule has 1 aliphatic rings. The zero-order valence-corrected chi connectivity index (χ0v) is 50.4.